The van der Waals surface area contributed by atoms with Gasteiger partial charge in [-0.3, -0.25) is 0 Å². The molecule has 0 spiro atoms. The second-order valence-electron chi connectivity index (χ2n) is 4.01. The van der Waals surface area contributed by atoms with Crippen LogP contribution in [-0.4, -0.2) is 12.2 Å². The Kier molecular flexibility index (Phi) is 4.82. The number of halogens is 1. The number of methoxy groups -OCH3 is 1. The van der Waals surface area contributed by atoms with Crippen molar-refractivity contribution in [2.24, 2.45) is 0 Å². The summed E-state index contributed by atoms with van der Waals surface area (Å²) in [6, 6.07) is 13.3. The minimum Gasteiger partial charge on any atom is -0.496 e. The van der Waals surface area contributed by atoms with Crippen molar-refractivity contribution in [3.05, 3.63) is 58.1 Å². The van der Waals surface area contributed by atoms with E-state index in [-0.39, 0.29) is 6.61 Å². The van der Waals surface area contributed by atoms with Crippen LogP contribution in [0.15, 0.2) is 46.9 Å². The Morgan fingerprint density at radius 1 is 1.11 bits per heavy atom. The number of ether oxygens (including phenoxy) is 2. The maximum atomic E-state index is 9.20. The normalized spacial score (nSPS) is 10.3. The Labute approximate surface area is 120 Å². The molecule has 4 heteroatoms. The second-order valence-corrected chi connectivity index (χ2v) is 4.87. The number of hydrogen-bond donors (Lipinski definition) is 1. The molecule has 19 heavy (non-hydrogen) atoms. The minimum atomic E-state index is -0.0214. The molecule has 100 valence electrons. The third kappa shape index (κ3) is 3.49. The van der Waals surface area contributed by atoms with Crippen molar-refractivity contribution >= 4 is 15.9 Å². The maximum absolute atomic E-state index is 9.20. The Bertz CT molecular complexity index is 555. The average Bonchev–Trinajstić information content (AvgIpc) is 2.46. The first kappa shape index (κ1) is 13.9. The molecule has 0 aliphatic heterocycles. The van der Waals surface area contributed by atoms with Crippen LogP contribution >= 0.6 is 15.9 Å². The zero-order valence-corrected chi connectivity index (χ0v) is 12.2. The number of para-hydroxylation sites is 1. The highest BCUT2D eigenvalue weighted by Gasteiger charge is 2.05. The maximum Gasteiger partial charge on any atom is 0.125 e. The van der Waals surface area contributed by atoms with Crippen molar-refractivity contribution in [2.45, 2.75) is 13.2 Å². The molecule has 1 N–H and O–H groups in total. The fraction of sp³-hybridized carbons (Fsp3) is 0.200. The molecule has 0 unspecified atom stereocenters. The highest BCUT2D eigenvalue weighted by Crippen LogP contribution is 2.24. The summed E-state index contributed by atoms with van der Waals surface area (Å²) in [6.45, 7) is 0.406. The lowest BCUT2D eigenvalue weighted by Crippen LogP contribution is -1.99. The molecule has 0 fully saturated rings. The van der Waals surface area contributed by atoms with Crippen LogP contribution in [0, 0.1) is 0 Å². The molecular weight excluding hydrogens is 308 g/mol. The first-order valence-corrected chi connectivity index (χ1v) is 6.68. The summed E-state index contributed by atoms with van der Waals surface area (Å²) >= 11 is 3.37. The smallest absolute Gasteiger partial charge is 0.125 e. The van der Waals surface area contributed by atoms with Gasteiger partial charge in [-0.05, 0) is 29.8 Å². The molecule has 0 aromatic heterocycles. The molecule has 0 amide bonds. The van der Waals surface area contributed by atoms with Crippen LogP contribution in [-0.2, 0) is 13.2 Å². The van der Waals surface area contributed by atoms with Crippen LogP contribution in [0.2, 0.25) is 0 Å². The summed E-state index contributed by atoms with van der Waals surface area (Å²) in [7, 11) is 1.64. The molecule has 0 heterocycles. The van der Waals surface area contributed by atoms with E-state index in [0.29, 0.717) is 6.61 Å². The van der Waals surface area contributed by atoms with Crippen LogP contribution in [0.3, 0.4) is 0 Å². The zero-order chi connectivity index (χ0) is 13.7. The molecule has 0 saturated carbocycles. The van der Waals surface area contributed by atoms with Gasteiger partial charge >= 0.3 is 0 Å². The predicted molar refractivity (Wildman–Crippen MR) is 77.4 cm³/mol. The summed E-state index contributed by atoms with van der Waals surface area (Å²) in [5.41, 5.74) is 1.79. The Morgan fingerprint density at radius 2 is 1.89 bits per heavy atom. The van der Waals surface area contributed by atoms with E-state index in [9.17, 15) is 5.11 Å². The van der Waals surface area contributed by atoms with Crippen molar-refractivity contribution in [3.63, 3.8) is 0 Å². The standard InChI is InChI=1S/C15H15BrO3/c1-18-15-5-3-2-4-11(15)10-19-13-6-7-14(16)12(8-13)9-17/h2-8,17H,9-10H2,1H3. The number of aliphatic hydroxyl groups is 1. The van der Waals surface area contributed by atoms with E-state index in [0.717, 1.165) is 27.1 Å². The minimum absolute atomic E-state index is 0.0214. The lowest BCUT2D eigenvalue weighted by atomic mass is 10.2. The Morgan fingerprint density at radius 3 is 2.63 bits per heavy atom. The molecule has 0 aliphatic rings. The van der Waals surface area contributed by atoms with Gasteiger partial charge in [-0.25, -0.2) is 0 Å². The van der Waals surface area contributed by atoms with Gasteiger partial charge in [0.15, 0.2) is 0 Å². The molecule has 0 saturated heterocycles. The van der Waals surface area contributed by atoms with Gasteiger partial charge < -0.3 is 14.6 Å². The second kappa shape index (κ2) is 6.59. The van der Waals surface area contributed by atoms with Crippen LogP contribution < -0.4 is 9.47 Å². The van der Waals surface area contributed by atoms with E-state index in [1.807, 2.05) is 42.5 Å². The van der Waals surface area contributed by atoms with Gasteiger partial charge in [0, 0.05) is 10.0 Å². The molecule has 0 aliphatic carbocycles. The van der Waals surface area contributed by atoms with E-state index < -0.39 is 0 Å². The molecular formula is C15H15BrO3. The van der Waals surface area contributed by atoms with E-state index in [1.165, 1.54) is 0 Å². The first-order chi connectivity index (χ1) is 9.24. The van der Waals surface area contributed by atoms with Crippen LogP contribution in [0.25, 0.3) is 0 Å². The van der Waals surface area contributed by atoms with Crippen molar-refractivity contribution in [2.75, 3.05) is 7.11 Å². The van der Waals surface area contributed by atoms with Gasteiger partial charge in [0.25, 0.3) is 0 Å². The van der Waals surface area contributed by atoms with Crippen molar-refractivity contribution in [1.82, 2.24) is 0 Å². The highest BCUT2D eigenvalue weighted by atomic mass is 79.9. The lowest BCUT2D eigenvalue weighted by Gasteiger charge is -2.11. The van der Waals surface area contributed by atoms with E-state index in [2.05, 4.69) is 15.9 Å². The first-order valence-electron chi connectivity index (χ1n) is 5.88. The largest absolute Gasteiger partial charge is 0.496 e. The third-order valence-corrected chi connectivity index (χ3v) is 3.55. The summed E-state index contributed by atoms with van der Waals surface area (Å²) in [4.78, 5) is 0. The molecule has 3 nitrogen and oxygen atoms in total. The van der Waals surface area contributed by atoms with Gasteiger partial charge in [-0.1, -0.05) is 34.1 Å². The molecule has 2 aromatic rings. The fourth-order valence-corrected chi connectivity index (χ4v) is 2.12. The van der Waals surface area contributed by atoms with Crippen LogP contribution in [0.1, 0.15) is 11.1 Å². The predicted octanol–water partition coefficient (Wildman–Crippen LogP) is 3.53. The monoisotopic (exact) mass is 322 g/mol. The Hall–Kier alpha value is -1.52. The van der Waals surface area contributed by atoms with Gasteiger partial charge in [-0.15, -0.1) is 0 Å². The van der Waals surface area contributed by atoms with Crippen LogP contribution in [0.5, 0.6) is 11.5 Å². The quantitative estimate of drug-likeness (QED) is 0.915. The summed E-state index contributed by atoms with van der Waals surface area (Å²) < 4.78 is 11.9. The fourth-order valence-electron chi connectivity index (χ4n) is 1.75. The molecule has 0 bridgehead atoms. The number of rotatable bonds is 5. The van der Waals surface area contributed by atoms with Gasteiger partial charge in [-0.2, -0.15) is 0 Å². The number of aliphatic hydroxyl groups excluding tert-OH is 1. The lowest BCUT2D eigenvalue weighted by molar-refractivity contribution is 0.276. The highest BCUT2D eigenvalue weighted by molar-refractivity contribution is 9.10. The van der Waals surface area contributed by atoms with Crippen LogP contribution in [0.4, 0.5) is 0 Å². The molecule has 2 rings (SSSR count). The van der Waals surface area contributed by atoms with Gasteiger partial charge in [0.1, 0.15) is 18.1 Å². The molecule has 0 atom stereocenters. The van der Waals surface area contributed by atoms with Crippen molar-refractivity contribution in [1.29, 1.82) is 0 Å². The Balaban J connectivity index is 2.10. The number of benzene rings is 2. The van der Waals surface area contributed by atoms with Crippen molar-refractivity contribution < 1.29 is 14.6 Å². The SMILES string of the molecule is COc1ccccc1COc1ccc(Br)c(CO)c1. The number of hydrogen-bond acceptors (Lipinski definition) is 3. The summed E-state index contributed by atoms with van der Waals surface area (Å²) in [6.07, 6.45) is 0. The van der Waals surface area contributed by atoms with E-state index >= 15 is 0 Å². The van der Waals surface area contributed by atoms with E-state index in [1.54, 1.807) is 7.11 Å². The molecule has 0 radical (unpaired) electrons. The third-order valence-electron chi connectivity index (χ3n) is 2.77. The van der Waals surface area contributed by atoms with Crippen molar-refractivity contribution in [3.8, 4) is 11.5 Å². The zero-order valence-electron chi connectivity index (χ0n) is 10.6. The summed E-state index contributed by atoms with van der Waals surface area (Å²) in [5.74, 6) is 1.53. The summed E-state index contributed by atoms with van der Waals surface area (Å²) in [5, 5.41) is 9.20. The molecule has 2 aromatic carbocycles. The average molecular weight is 323 g/mol. The van der Waals surface area contributed by atoms with Gasteiger partial charge in [0.05, 0.1) is 13.7 Å². The van der Waals surface area contributed by atoms with E-state index in [4.69, 9.17) is 9.47 Å². The van der Waals surface area contributed by atoms with Gasteiger partial charge in [0.2, 0.25) is 0 Å². The topological polar surface area (TPSA) is 38.7 Å².